The summed E-state index contributed by atoms with van der Waals surface area (Å²) in [5.41, 5.74) is 38.2. The minimum Gasteiger partial charge on any atom is -0.456 e. The molecule has 0 spiro atoms. The molecular weight excluding hydrogens is 1700 g/mol. The van der Waals surface area contributed by atoms with E-state index in [-0.39, 0.29) is 0 Å². The lowest BCUT2D eigenvalue weighted by molar-refractivity contribution is 0.669. The number of para-hydroxylation sites is 11. The first-order chi connectivity index (χ1) is 69.4. The molecular formula is C132H86N6O2. The molecule has 0 amide bonds. The van der Waals surface area contributed by atoms with Gasteiger partial charge in [0.2, 0.25) is 0 Å². The van der Waals surface area contributed by atoms with Crippen LogP contribution in [-0.4, -0.2) is 18.3 Å². The Balaban J connectivity index is 0.000000141. The highest BCUT2D eigenvalue weighted by molar-refractivity contribution is 6.15. The molecule has 0 saturated heterocycles. The second-order valence-corrected chi connectivity index (χ2v) is 36.2. The molecule has 0 bridgehead atoms. The van der Waals surface area contributed by atoms with Crippen LogP contribution in [0.5, 0.6) is 0 Å². The number of aromatic nitrogens is 4. The van der Waals surface area contributed by atoms with E-state index >= 15 is 0 Å². The molecule has 8 heteroatoms. The molecule has 6 heterocycles. The molecule has 6 aromatic heterocycles. The highest BCUT2D eigenvalue weighted by Gasteiger charge is 2.24. The Bertz CT molecular complexity index is 9510. The van der Waals surface area contributed by atoms with Crippen LogP contribution in [0.15, 0.2) is 531 Å². The van der Waals surface area contributed by atoms with Gasteiger partial charge < -0.3 is 36.9 Å². The Hall–Kier alpha value is -18.8. The van der Waals surface area contributed by atoms with E-state index < -0.39 is 0 Å². The zero-order valence-corrected chi connectivity index (χ0v) is 76.2. The molecule has 28 aromatic rings. The topological polar surface area (TPSA) is 52.5 Å². The normalized spacial score (nSPS) is 11.7. The first-order valence-corrected chi connectivity index (χ1v) is 47.8. The van der Waals surface area contributed by atoms with E-state index in [4.69, 9.17) is 8.83 Å². The maximum absolute atomic E-state index is 6.39. The Morgan fingerprint density at radius 2 is 0.364 bits per heavy atom. The SMILES string of the molecule is c1ccc(-n2c3ccccc3c3cc(-c4ccc(N(c5ccc(-c6ccc(-c7ccc8oc9ccccc9c8c7)cc6)cc5)c5ccc(-n6c7ccccc7c7ccccc76)cc5)cc4)ccc32)cc1.c1ccc(-n2c3ccccc3c3cc(-c4ccc(N(c5ccc(-c6ccc(-c7cccc8c7oc7ccccc78)cc6)cc5)c5ccc(-n6c7ccccc7c7ccccc76)cc5)cc4)ccc32)cc1. The van der Waals surface area contributed by atoms with Gasteiger partial charge in [-0.2, -0.15) is 0 Å². The number of furan rings is 2. The van der Waals surface area contributed by atoms with E-state index in [1.165, 1.54) is 126 Å². The number of anilines is 6. The molecule has 0 unspecified atom stereocenters. The van der Waals surface area contributed by atoms with E-state index in [0.717, 1.165) is 129 Å². The summed E-state index contributed by atoms with van der Waals surface area (Å²) in [6.07, 6.45) is 0. The van der Waals surface area contributed by atoms with Crippen molar-refractivity contribution in [1.82, 2.24) is 18.3 Å². The van der Waals surface area contributed by atoms with Gasteiger partial charge >= 0.3 is 0 Å². The van der Waals surface area contributed by atoms with E-state index in [1.807, 2.05) is 24.3 Å². The maximum Gasteiger partial charge on any atom is 0.143 e. The number of hydrogen-bond acceptors (Lipinski definition) is 4. The van der Waals surface area contributed by atoms with Gasteiger partial charge in [-0.25, -0.2) is 0 Å². The molecule has 656 valence electrons. The molecule has 8 nitrogen and oxygen atoms in total. The van der Waals surface area contributed by atoms with Gasteiger partial charge in [-0.1, -0.05) is 315 Å². The van der Waals surface area contributed by atoms with Gasteiger partial charge in [0, 0.05) is 127 Å². The maximum atomic E-state index is 6.39. The van der Waals surface area contributed by atoms with Crippen LogP contribution in [0.2, 0.25) is 0 Å². The molecule has 0 radical (unpaired) electrons. The monoisotopic (exact) mass is 1790 g/mol. The number of rotatable bonds is 16. The van der Waals surface area contributed by atoms with Crippen molar-refractivity contribution in [2.75, 3.05) is 9.80 Å². The molecule has 0 atom stereocenters. The van der Waals surface area contributed by atoms with Gasteiger partial charge in [-0.05, 0) is 267 Å². The zero-order valence-electron chi connectivity index (χ0n) is 76.2. The number of benzene rings is 22. The van der Waals surface area contributed by atoms with Gasteiger partial charge in [0.15, 0.2) is 0 Å². The average molecular weight is 1790 g/mol. The summed E-state index contributed by atoms with van der Waals surface area (Å²) in [6.45, 7) is 0. The fourth-order valence-corrected chi connectivity index (χ4v) is 21.6. The third kappa shape index (κ3) is 13.9. The third-order valence-corrected chi connectivity index (χ3v) is 28.3. The van der Waals surface area contributed by atoms with Gasteiger partial charge in [-0.3, -0.25) is 0 Å². The van der Waals surface area contributed by atoms with Gasteiger partial charge in [0.1, 0.15) is 22.3 Å². The molecule has 22 aromatic carbocycles. The molecule has 0 saturated carbocycles. The molecule has 0 fully saturated rings. The average Bonchev–Trinajstić information content (AvgIpc) is 1.60. The predicted octanol–water partition coefficient (Wildman–Crippen LogP) is 36.5. The minimum absolute atomic E-state index is 0.909. The highest BCUT2D eigenvalue weighted by atomic mass is 16.3. The van der Waals surface area contributed by atoms with Crippen LogP contribution < -0.4 is 9.80 Å². The molecule has 0 aliphatic heterocycles. The molecule has 0 aliphatic rings. The third-order valence-electron chi connectivity index (χ3n) is 28.3. The van der Waals surface area contributed by atoms with Crippen LogP contribution in [0.4, 0.5) is 34.1 Å². The van der Waals surface area contributed by atoms with E-state index in [1.54, 1.807) is 0 Å². The Morgan fingerprint density at radius 3 is 0.721 bits per heavy atom. The van der Waals surface area contributed by atoms with E-state index in [9.17, 15) is 0 Å². The number of hydrogen-bond donors (Lipinski definition) is 0. The zero-order chi connectivity index (χ0) is 92.2. The number of fused-ring (bicyclic) bond motifs is 18. The van der Waals surface area contributed by atoms with Crippen molar-refractivity contribution in [3.63, 3.8) is 0 Å². The second-order valence-electron chi connectivity index (χ2n) is 36.2. The summed E-state index contributed by atoms with van der Waals surface area (Å²) in [5, 5.41) is 14.5. The summed E-state index contributed by atoms with van der Waals surface area (Å²) in [4.78, 5) is 4.72. The lowest BCUT2D eigenvalue weighted by atomic mass is 9.98. The molecule has 0 aliphatic carbocycles. The standard InChI is InChI=1S/2C66H43N3O/c1-2-13-49(14-3-1)68-63-23-10-6-17-57(63)60-43-48(33-42-64(60)68)46-31-36-51(37-32-46)67(52-38-40-53(41-39-52)69-61-21-8-4-15-55(61)56-16-5-9-22-62(56)69)50-34-29-45(30-35-50)44-25-27-47(28-26-44)54-19-12-20-59-58-18-7-11-24-65(58)70-66(54)59;1-2-12-50(13-3-1)68-63-20-10-6-16-57(63)59-42-48(30-40-64(59)68)47-28-34-52(35-29-47)67(53-36-38-54(39-37-53)69-61-18-8-4-14-55(61)56-15-5-9-19-62(56)69)51-32-26-45(27-33-51)44-22-24-46(25-23-44)49-31-41-66-60(43-49)58-17-7-11-21-65(58)70-66/h2*1-43H. The summed E-state index contributed by atoms with van der Waals surface area (Å²) in [6, 6.07) is 188. The van der Waals surface area contributed by atoms with Gasteiger partial charge in [-0.15, -0.1) is 0 Å². The van der Waals surface area contributed by atoms with Crippen molar-refractivity contribution in [3.8, 4) is 89.5 Å². The van der Waals surface area contributed by atoms with Crippen molar-refractivity contribution < 1.29 is 8.83 Å². The van der Waals surface area contributed by atoms with Crippen molar-refractivity contribution in [3.05, 3.63) is 522 Å². The van der Waals surface area contributed by atoms with Gasteiger partial charge in [0.05, 0.1) is 44.1 Å². The lowest BCUT2D eigenvalue weighted by Gasteiger charge is -2.26. The largest absolute Gasteiger partial charge is 0.456 e. The van der Waals surface area contributed by atoms with Crippen LogP contribution in [0.1, 0.15) is 0 Å². The van der Waals surface area contributed by atoms with Crippen LogP contribution >= 0.6 is 0 Å². The smallest absolute Gasteiger partial charge is 0.143 e. The fourth-order valence-electron chi connectivity index (χ4n) is 21.6. The van der Waals surface area contributed by atoms with Gasteiger partial charge in [0.25, 0.3) is 0 Å². The van der Waals surface area contributed by atoms with Crippen molar-refractivity contribution >= 4 is 165 Å². The van der Waals surface area contributed by atoms with E-state index in [0.29, 0.717) is 0 Å². The Kier molecular flexibility index (Phi) is 19.5. The first kappa shape index (κ1) is 80.9. The molecule has 28 rings (SSSR count). The quantitative estimate of drug-likeness (QED) is 0.0967. The summed E-state index contributed by atoms with van der Waals surface area (Å²) in [5.74, 6) is 0. The fraction of sp³-hybridized carbons (Fsp3) is 0. The van der Waals surface area contributed by atoms with Crippen molar-refractivity contribution in [2.24, 2.45) is 0 Å². The lowest BCUT2D eigenvalue weighted by Crippen LogP contribution is -2.10. The van der Waals surface area contributed by atoms with Crippen LogP contribution in [0.25, 0.3) is 221 Å². The molecule has 0 N–H and O–H groups in total. The number of nitrogens with zero attached hydrogens (tertiary/aromatic N) is 6. The minimum atomic E-state index is 0.909. The summed E-state index contributed by atoms with van der Waals surface area (Å²) in [7, 11) is 0. The molecule has 140 heavy (non-hydrogen) atoms. The van der Waals surface area contributed by atoms with Crippen molar-refractivity contribution in [1.29, 1.82) is 0 Å². The second kappa shape index (κ2) is 33.7. The summed E-state index contributed by atoms with van der Waals surface area (Å²) >= 11 is 0. The van der Waals surface area contributed by atoms with Crippen LogP contribution in [0, 0.1) is 0 Å². The van der Waals surface area contributed by atoms with E-state index in [2.05, 4.69) is 526 Å². The Morgan fingerprint density at radius 1 is 0.136 bits per heavy atom. The first-order valence-electron chi connectivity index (χ1n) is 47.8. The van der Waals surface area contributed by atoms with Crippen LogP contribution in [-0.2, 0) is 0 Å². The summed E-state index contributed by atoms with van der Waals surface area (Å²) < 4.78 is 22.0. The Labute approximate surface area is 807 Å². The van der Waals surface area contributed by atoms with Crippen molar-refractivity contribution in [2.45, 2.75) is 0 Å². The highest BCUT2D eigenvalue weighted by Crippen LogP contribution is 2.47. The predicted molar refractivity (Wildman–Crippen MR) is 587 cm³/mol. The van der Waals surface area contributed by atoms with Crippen LogP contribution in [0.3, 0.4) is 0 Å².